The van der Waals surface area contributed by atoms with Gasteiger partial charge in [-0.05, 0) is 6.07 Å². The van der Waals surface area contributed by atoms with E-state index in [0.29, 0.717) is 5.56 Å². The summed E-state index contributed by atoms with van der Waals surface area (Å²) in [5.41, 5.74) is 6.20. The van der Waals surface area contributed by atoms with Gasteiger partial charge in [0.05, 0.1) is 0 Å². The van der Waals surface area contributed by atoms with Crippen LogP contribution < -0.4 is 19.9 Å². The first kappa shape index (κ1) is 16.9. The van der Waals surface area contributed by atoms with Crippen molar-refractivity contribution >= 4 is 30.3 Å². The highest BCUT2D eigenvalue weighted by molar-refractivity contribution is 5.85. The molecule has 0 aromatic heterocycles. The van der Waals surface area contributed by atoms with Crippen molar-refractivity contribution in [2.45, 2.75) is 26.3 Å². The Morgan fingerprint density at radius 2 is 1.71 bits per heavy atom. The highest BCUT2D eigenvalue weighted by Gasteiger charge is 2.27. The second kappa shape index (κ2) is 6.55. The van der Waals surface area contributed by atoms with Crippen molar-refractivity contribution in [2.24, 2.45) is 5.73 Å². The number of halogens is 1. The molecule has 1 aliphatic heterocycles. The molecular weight excluding hydrogens is 302 g/mol. The Bertz CT molecular complexity index is 601. The van der Waals surface area contributed by atoms with Crippen LogP contribution in [-0.2, 0) is 20.8 Å². The zero-order valence-corrected chi connectivity index (χ0v) is 12.2. The first-order chi connectivity index (χ1) is 9.36. The molecule has 0 saturated carbocycles. The fourth-order valence-corrected chi connectivity index (χ4v) is 1.81. The first-order valence-corrected chi connectivity index (χ1v) is 5.88. The maximum Gasteiger partial charge on any atom is 0.328 e. The lowest BCUT2D eigenvalue weighted by atomic mass is 10.0. The molecule has 0 radical (unpaired) electrons. The lowest BCUT2D eigenvalue weighted by molar-refractivity contribution is -0.137. The summed E-state index contributed by atoms with van der Waals surface area (Å²) in [6, 6.07) is 2.03. The molecule has 0 amide bonds. The van der Waals surface area contributed by atoms with Gasteiger partial charge in [0.15, 0.2) is 11.5 Å². The number of carbonyl (C=O) groups is 3. The third-order valence-corrected chi connectivity index (χ3v) is 2.59. The van der Waals surface area contributed by atoms with E-state index < -0.39 is 23.9 Å². The van der Waals surface area contributed by atoms with Gasteiger partial charge in [-0.1, -0.05) is 0 Å². The average Bonchev–Trinajstić information content (AvgIpc) is 2.31. The Morgan fingerprint density at radius 3 is 2.24 bits per heavy atom. The molecule has 7 nitrogen and oxygen atoms in total. The largest absolute Gasteiger partial charge is 0.425 e. The number of hydrogen-bond acceptors (Lipinski definition) is 7. The van der Waals surface area contributed by atoms with Crippen molar-refractivity contribution in [3.8, 4) is 17.2 Å². The Kier molecular flexibility index (Phi) is 5.28. The zero-order valence-electron chi connectivity index (χ0n) is 11.4. The molecule has 0 aliphatic carbocycles. The molecule has 114 valence electrons. The number of ether oxygens (including phenoxy) is 3. The molecule has 1 atom stereocenters. The Morgan fingerprint density at radius 1 is 1.19 bits per heavy atom. The quantitative estimate of drug-likeness (QED) is 0.634. The Hall–Kier alpha value is -2.12. The number of esters is 3. The number of rotatable bonds is 2. The minimum absolute atomic E-state index is 0. The van der Waals surface area contributed by atoms with Crippen LogP contribution >= 0.6 is 12.4 Å². The van der Waals surface area contributed by atoms with Gasteiger partial charge in [0, 0.05) is 31.9 Å². The number of fused-ring (bicyclic) bond motifs is 1. The zero-order chi connectivity index (χ0) is 14.9. The van der Waals surface area contributed by atoms with E-state index >= 15 is 0 Å². The lowest BCUT2D eigenvalue weighted by Crippen LogP contribution is -2.39. The summed E-state index contributed by atoms with van der Waals surface area (Å²) in [6.45, 7) is 2.43. The van der Waals surface area contributed by atoms with Crippen molar-refractivity contribution in [2.75, 3.05) is 0 Å². The van der Waals surface area contributed by atoms with E-state index in [1.165, 1.54) is 26.0 Å². The van der Waals surface area contributed by atoms with Crippen LogP contribution in [0.3, 0.4) is 0 Å². The lowest BCUT2D eigenvalue weighted by Gasteiger charge is -2.22. The predicted molar refractivity (Wildman–Crippen MR) is 73.6 cm³/mol. The fourth-order valence-electron chi connectivity index (χ4n) is 1.81. The number of benzene rings is 1. The van der Waals surface area contributed by atoms with Gasteiger partial charge >= 0.3 is 17.9 Å². The molecule has 8 heteroatoms. The highest BCUT2D eigenvalue weighted by atomic mass is 35.5. The summed E-state index contributed by atoms with van der Waals surface area (Å²) in [5, 5.41) is 0. The first-order valence-electron chi connectivity index (χ1n) is 5.88. The molecule has 2 N–H and O–H groups in total. The number of nitrogens with two attached hydrogens (primary N) is 1. The van der Waals surface area contributed by atoms with Crippen molar-refractivity contribution in [3.63, 3.8) is 0 Å². The summed E-state index contributed by atoms with van der Waals surface area (Å²) in [6.07, 6.45) is 0.253. The summed E-state index contributed by atoms with van der Waals surface area (Å²) in [7, 11) is 0. The highest BCUT2D eigenvalue weighted by Crippen LogP contribution is 2.37. The molecule has 1 aromatic rings. The second-order valence-corrected chi connectivity index (χ2v) is 4.33. The van der Waals surface area contributed by atoms with Gasteiger partial charge in [-0.25, -0.2) is 4.79 Å². The second-order valence-electron chi connectivity index (χ2n) is 4.33. The van der Waals surface area contributed by atoms with Gasteiger partial charge in [0.25, 0.3) is 0 Å². The van der Waals surface area contributed by atoms with Crippen molar-refractivity contribution in [3.05, 3.63) is 17.7 Å². The molecule has 0 bridgehead atoms. The van der Waals surface area contributed by atoms with Crippen LogP contribution in [0, 0.1) is 0 Å². The molecule has 0 spiro atoms. The minimum atomic E-state index is -0.771. The standard InChI is InChI=1S/C13H13NO6.ClH/c1-6(15)18-11-4-8-3-9(14)13(17)20-10(8)5-12(11)19-7(2)16;/h4-5,9H,3,14H2,1-2H3;1H. The molecule has 1 heterocycles. The SMILES string of the molecule is CC(=O)Oc1cc2c(cc1OC(C)=O)OC(=O)C(N)C2.Cl. The van der Waals surface area contributed by atoms with Crippen molar-refractivity contribution in [1.82, 2.24) is 0 Å². The van der Waals surface area contributed by atoms with Crippen LogP contribution in [0.5, 0.6) is 17.2 Å². The van der Waals surface area contributed by atoms with Crippen LogP contribution in [0.1, 0.15) is 19.4 Å². The van der Waals surface area contributed by atoms with Gasteiger partial charge in [0.2, 0.25) is 0 Å². The molecule has 0 fully saturated rings. The van der Waals surface area contributed by atoms with Crippen molar-refractivity contribution in [1.29, 1.82) is 0 Å². The van der Waals surface area contributed by atoms with E-state index in [1.54, 1.807) is 0 Å². The van der Waals surface area contributed by atoms with Gasteiger partial charge in [0.1, 0.15) is 11.8 Å². The summed E-state index contributed by atoms with van der Waals surface area (Å²) < 4.78 is 14.9. The van der Waals surface area contributed by atoms with Crippen LogP contribution in [0.4, 0.5) is 0 Å². The monoisotopic (exact) mass is 315 g/mol. The van der Waals surface area contributed by atoms with Gasteiger partial charge in [-0.3, -0.25) is 9.59 Å². The molecule has 2 rings (SSSR count). The van der Waals surface area contributed by atoms with Crippen LogP contribution in [-0.4, -0.2) is 23.9 Å². The maximum atomic E-state index is 11.4. The maximum absolute atomic E-state index is 11.4. The Balaban J connectivity index is 0.00000220. The van der Waals surface area contributed by atoms with E-state index in [9.17, 15) is 14.4 Å². The average molecular weight is 316 g/mol. The summed E-state index contributed by atoms with van der Waals surface area (Å²) >= 11 is 0. The molecule has 1 aliphatic rings. The van der Waals surface area contributed by atoms with Crippen LogP contribution in [0.2, 0.25) is 0 Å². The van der Waals surface area contributed by atoms with E-state index in [4.69, 9.17) is 19.9 Å². The summed E-state index contributed by atoms with van der Waals surface area (Å²) in [4.78, 5) is 33.5. The van der Waals surface area contributed by atoms with Crippen LogP contribution in [0.15, 0.2) is 12.1 Å². The molecule has 1 aromatic carbocycles. The van der Waals surface area contributed by atoms with Gasteiger partial charge in [-0.15, -0.1) is 12.4 Å². The van der Waals surface area contributed by atoms with Crippen molar-refractivity contribution < 1.29 is 28.6 Å². The fraction of sp³-hybridized carbons (Fsp3) is 0.308. The van der Waals surface area contributed by atoms with E-state index in [2.05, 4.69) is 0 Å². The van der Waals surface area contributed by atoms with Gasteiger partial charge in [-0.2, -0.15) is 0 Å². The number of hydrogen-bond donors (Lipinski definition) is 1. The molecule has 21 heavy (non-hydrogen) atoms. The molecule has 1 unspecified atom stereocenters. The van der Waals surface area contributed by atoms with E-state index in [-0.39, 0.29) is 36.1 Å². The minimum Gasteiger partial charge on any atom is -0.425 e. The topological polar surface area (TPSA) is 105 Å². The molecular formula is C13H14ClNO6. The summed E-state index contributed by atoms with van der Waals surface area (Å²) in [5.74, 6) is -1.38. The van der Waals surface area contributed by atoms with E-state index in [1.807, 2.05) is 0 Å². The Labute approximate surface area is 126 Å². The van der Waals surface area contributed by atoms with Crippen LogP contribution in [0.25, 0.3) is 0 Å². The number of carbonyl (C=O) groups excluding carboxylic acids is 3. The normalized spacial score (nSPS) is 16.1. The third kappa shape index (κ3) is 3.93. The van der Waals surface area contributed by atoms with Gasteiger partial charge < -0.3 is 19.9 Å². The third-order valence-electron chi connectivity index (χ3n) is 2.59. The van der Waals surface area contributed by atoms with E-state index in [0.717, 1.165) is 0 Å². The predicted octanol–water partition coefficient (Wildman–Crippen LogP) is 0.748. The smallest absolute Gasteiger partial charge is 0.328 e. The molecule has 0 saturated heterocycles.